The lowest BCUT2D eigenvalue weighted by atomic mass is 10.1. The predicted molar refractivity (Wildman–Crippen MR) is 130 cm³/mol. The fourth-order valence-corrected chi connectivity index (χ4v) is 3.15. The van der Waals surface area contributed by atoms with Gasteiger partial charge in [0, 0.05) is 30.7 Å². The molecule has 0 fully saturated rings. The number of allylic oxidation sites excluding steroid dienone is 3. The molecule has 0 aromatic heterocycles. The average Bonchev–Trinajstić information content (AvgIpc) is 2.74. The Balaban J connectivity index is 3.33. The van der Waals surface area contributed by atoms with Gasteiger partial charge in [0.25, 0.3) is 11.8 Å². The lowest BCUT2D eigenvalue weighted by Crippen LogP contribution is -2.33. The highest BCUT2D eigenvalue weighted by molar-refractivity contribution is 6.31. The molecule has 1 rings (SSSR count). The molecule has 0 unspecified atom stereocenters. The minimum atomic E-state index is -0.504. The second-order valence-electron chi connectivity index (χ2n) is 6.28. The van der Waals surface area contributed by atoms with E-state index in [1.165, 1.54) is 17.2 Å². The Labute approximate surface area is 193 Å². The number of halogens is 2. The number of carbonyl (C=O) groups excluding carboxylic acids is 2. The minimum absolute atomic E-state index is 0.0728. The summed E-state index contributed by atoms with van der Waals surface area (Å²) >= 11 is 12.1. The van der Waals surface area contributed by atoms with E-state index in [0.29, 0.717) is 35.2 Å². The van der Waals surface area contributed by atoms with Gasteiger partial charge in [0.2, 0.25) is 0 Å². The minimum Gasteiger partial charge on any atom is -0.367 e. The van der Waals surface area contributed by atoms with E-state index in [0.717, 1.165) is 0 Å². The molecule has 31 heavy (non-hydrogen) atoms. The standard InChI is InChI=1S/C22H29Cl2N5O2/c1-6-9-12-27-19(7-2)29(25-5)18(10-11-23)22(31)28-20-15(4)13-16(24)14-17(20)21(30)26-8-3/h6-7,9-10,13-14,27H,5,8,11-12H2,1-4H3,(H,26,30)(H,28,31)/b9-6-,18-10-,19-7-. The van der Waals surface area contributed by atoms with E-state index >= 15 is 0 Å². The van der Waals surface area contributed by atoms with E-state index in [1.54, 1.807) is 19.1 Å². The summed E-state index contributed by atoms with van der Waals surface area (Å²) in [6.07, 6.45) is 7.11. The first-order valence-electron chi connectivity index (χ1n) is 9.78. The summed E-state index contributed by atoms with van der Waals surface area (Å²) in [5.74, 6) is -0.219. The largest absolute Gasteiger partial charge is 0.367 e. The number of aryl methyl sites for hydroxylation is 1. The molecule has 0 aliphatic carbocycles. The van der Waals surface area contributed by atoms with E-state index in [1.807, 2.05) is 32.9 Å². The van der Waals surface area contributed by atoms with Crippen LogP contribution in [0.15, 0.2) is 53.1 Å². The number of hydrogen-bond acceptors (Lipinski definition) is 5. The third-order valence-corrected chi connectivity index (χ3v) is 4.50. The fraction of sp³-hybridized carbons (Fsp3) is 0.318. The molecule has 0 aliphatic rings. The van der Waals surface area contributed by atoms with Gasteiger partial charge in [0.15, 0.2) is 0 Å². The number of benzene rings is 1. The summed E-state index contributed by atoms with van der Waals surface area (Å²) < 4.78 is 0. The highest BCUT2D eigenvalue weighted by Gasteiger charge is 2.23. The van der Waals surface area contributed by atoms with Crippen LogP contribution in [0.4, 0.5) is 5.69 Å². The molecule has 0 spiro atoms. The number of hydrazone groups is 1. The first kappa shape index (κ1) is 26.3. The van der Waals surface area contributed by atoms with Gasteiger partial charge in [-0.2, -0.15) is 5.10 Å². The SMILES string of the molecule is C=NN(/C(=C\C)NC/C=C\C)/C(=C\CCl)C(=O)Nc1c(C)cc(Cl)cc1C(=O)NCC. The number of amides is 2. The normalized spacial score (nSPS) is 11.9. The van der Waals surface area contributed by atoms with Crippen LogP contribution in [0, 0.1) is 6.92 Å². The molecule has 0 aliphatic heterocycles. The molecule has 0 saturated heterocycles. The van der Waals surface area contributed by atoms with Crippen molar-refractivity contribution < 1.29 is 9.59 Å². The molecule has 2 amide bonds. The van der Waals surface area contributed by atoms with Gasteiger partial charge in [0.1, 0.15) is 11.5 Å². The molecule has 9 heteroatoms. The second kappa shape index (κ2) is 13.5. The Morgan fingerprint density at radius 2 is 1.97 bits per heavy atom. The summed E-state index contributed by atoms with van der Waals surface area (Å²) in [5.41, 5.74) is 1.42. The third kappa shape index (κ3) is 7.45. The Hall–Kier alpha value is -2.77. The topological polar surface area (TPSA) is 85.8 Å². The van der Waals surface area contributed by atoms with Crippen LogP contribution in [0.3, 0.4) is 0 Å². The van der Waals surface area contributed by atoms with Crippen LogP contribution in [0.5, 0.6) is 0 Å². The van der Waals surface area contributed by atoms with Crippen molar-refractivity contribution in [1.29, 1.82) is 0 Å². The van der Waals surface area contributed by atoms with Crippen LogP contribution in [0.25, 0.3) is 0 Å². The smallest absolute Gasteiger partial charge is 0.274 e. The Morgan fingerprint density at radius 3 is 2.52 bits per heavy atom. The molecular weight excluding hydrogens is 437 g/mol. The van der Waals surface area contributed by atoms with Gasteiger partial charge in [-0.3, -0.25) is 9.59 Å². The molecule has 7 nitrogen and oxygen atoms in total. The maximum absolute atomic E-state index is 13.2. The molecule has 0 heterocycles. The maximum Gasteiger partial charge on any atom is 0.274 e. The number of anilines is 1. The average molecular weight is 466 g/mol. The number of carbonyl (C=O) groups is 2. The van der Waals surface area contributed by atoms with Crippen LogP contribution in [0.1, 0.15) is 36.7 Å². The molecule has 0 atom stereocenters. The summed E-state index contributed by atoms with van der Waals surface area (Å²) in [6.45, 7) is 11.8. The molecule has 0 radical (unpaired) electrons. The van der Waals surface area contributed by atoms with E-state index in [9.17, 15) is 9.59 Å². The fourth-order valence-electron chi connectivity index (χ4n) is 2.73. The Morgan fingerprint density at radius 1 is 1.26 bits per heavy atom. The van der Waals surface area contributed by atoms with Crippen molar-refractivity contribution in [3.8, 4) is 0 Å². The summed E-state index contributed by atoms with van der Waals surface area (Å²) in [6, 6.07) is 3.18. The zero-order chi connectivity index (χ0) is 23.4. The van der Waals surface area contributed by atoms with Crippen LogP contribution < -0.4 is 16.0 Å². The lowest BCUT2D eigenvalue weighted by molar-refractivity contribution is -0.114. The molecule has 1 aromatic carbocycles. The zero-order valence-corrected chi connectivity index (χ0v) is 19.8. The van der Waals surface area contributed by atoms with Gasteiger partial charge in [-0.05, 0) is 57.5 Å². The summed E-state index contributed by atoms with van der Waals surface area (Å²) in [4.78, 5) is 25.7. The first-order chi connectivity index (χ1) is 14.8. The molecule has 1 aromatic rings. The van der Waals surface area contributed by atoms with Crippen LogP contribution in [0.2, 0.25) is 5.02 Å². The third-order valence-electron chi connectivity index (χ3n) is 4.13. The van der Waals surface area contributed by atoms with Crippen molar-refractivity contribution in [1.82, 2.24) is 15.6 Å². The van der Waals surface area contributed by atoms with E-state index < -0.39 is 5.91 Å². The van der Waals surface area contributed by atoms with E-state index in [-0.39, 0.29) is 23.0 Å². The molecule has 0 bridgehead atoms. The summed E-state index contributed by atoms with van der Waals surface area (Å²) in [7, 11) is 0. The Bertz CT molecular complexity index is 894. The number of alkyl halides is 1. The van der Waals surface area contributed by atoms with E-state index in [4.69, 9.17) is 23.2 Å². The highest BCUT2D eigenvalue weighted by Crippen LogP contribution is 2.27. The van der Waals surface area contributed by atoms with Crippen molar-refractivity contribution in [2.75, 3.05) is 24.3 Å². The van der Waals surface area contributed by atoms with Crippen molar-refractivity contribution in [2.45, 2.75) is 27.7 Å². The van der Waals surface area contributed by atoms with Crippen LogP contribution in [-0.4, -0.2) is 42.5 Å². The number of hydrogen-bond donors (Lipinski definition) is 3. The molecular formula is C22H29Cl2N5O2. The summed E-state index contributed by atoms with van der Waals surface area (Å²) in [5, 5.41) is 14.4. The lowest BCUT2D eigenvalue weighted by Gasteiger charge is -2.25. The molecule has 3 N–H and O–H groups in total. The van der Waals surface area contributed by atoms with Gasteiger partial charge in [-0.25, -0.2) is 5.01 Å². The molecule has 0 saturated carbocycles. The van der Waals surface area contributed by atoms with Gasteiger partial charge >= 0.3 is 0 Å². The predicted octanol–water partition coefficient (Wildman–Crippen LogP) is 4.40. The van der Waals surface area contributed by atoms with Crippen LogP contribution >= 0.6 is 23.2 Å². The Kier molecular flexibility index (Phi) is 11.5. The number of nitrogens with zero attached hydrogens (tertiary/aromatic N) is 2. The second-order valence-corrected chi connectivity index (χ2v) is 7.02. The first-order valence-corrected chi connectivity index (χ1v) is 10.7. The van der Waals surface area contributed by atoms with Crippen LogP contribution in [-0.2, 0) is 4.79 Å². The zero-order valence-electron chi connectivity index (χ0n) is 18.3. The van der Waals surface area contributed by atoms with Crippen molar-refractivity contribution in [3.63, 3.8) is 0 Å². The number of nitrogens with one attached hydrogen (secondary N) is 3. The van der Waals surface area contributed by atoms with Crippen molar-refractivity contribution in [3.05, 3.63) is 64.1 Å². The van der Waals surface area contributed by atoms with Crippen molar-refractivity contribution in [2.24, 2.45) is 5.10 Å². The maximum atomic E-state index is 13.2. The molecule has 168 valence electrons. The van der Waals surface area contributed by atoms with E-state index in [2.05, 4.69) is 27.8 Å². The highest BCUT2D eigenvalue weighted by atomic mass is 35.5. The van der Waals surface area contributed by atoms with Gasteiger partial charge in [-0.1, -0.05) is 23.8 Å². The van der Waals surface area contributed by atoms with Gasteiger partial charge in [-0.15, -0.1) is 11.6 Å². The van der Waals surface area contributed by atoms with Gasteiger partial charge < -0.3 is 16.0 Å². The number of rotatable bonds is 11. The monoisotopic (exact) mass is 465 g/mol. The van der Waals surface area contributed by atoms with Gasteiger partial charge in [0.05, 0.1) is 11.3 Å². The van der Waals surface area contributed by atoms with Crippen molar-refractivity contribution >= 4 is 47.4 Å². The quantitative estimate of drug-likeness (QED) is 0.148.